The maximum Gasteiger partial charge on any atom is 0.339 e. The van der Waals surface area contributed by atoms with Gasteiger partial charge in [0.15, 0.2) is 18.0 Å². The number of allylic oxidation sites excluding steroid dienone is 4. The summed E-state index contributed by atoms with van der Waals surface area (Å²) in [6, 6.07) is 8.34. The summed E-state index contributed by atoms with van der Waals surface area (Å²) < 4.78 is 27.1. The van der Waals surface area contributed by atoms with Crippen molar-refractivity contribution < 1.29 is 38.1 Å². The molecular formula is C31H35FO7. The molecule has 3 saturated carbocycles. The molecule has 1 aromatic carbocycles. The molecule has 1 N–H and O–H groups in total. The number of carbonyl (C=O) groups excluding carboxylic acids is 4. The van der Waals surface area contributed by atoms with E-state index >= 15 is 4.39 Å². The number of esters is 2. The Bertz CT molecular complexity index is 1270. The van der Waals surface area contributed by atoms with Crippen LogP contribution in [0.2, 0.25) is 0 Å². The smallest absolute Gasteiger partial charge is 0.339 e. The molecule has 5 rings (SSSR count). The average molecular weight is 539 g/mol. The van der Waals surface area contributed by atoms with E-state index < -0.39 is 59.0 Å². The SMILES string of the molecule is CC(=O)OCC(=O)[C@@]1(OC(=O)c2ccccc2)[C@@H](C)C[C@H]2[C@@H]3C[C@H](F)C4=CC(=O)C=C[C@]4(C)[C@H]3C(O)C[C@@]21C. The molecule has 0 heterocycles. The Morgan fingerprint density at radius 2 is 1.82 bits per heavy atom. The van der Waals surface area contributed by atoms with Crippen LogP contribution in [0.4, 0.5) is 4.39 Å². The predicted molar refractivity (Wildman–Crippen MR) is 139 cm³/mol. The van der Waals surface area contributed by atoms with Crippen LogP contribution in [0.1, 0.15) is 57.3 Å². The number of aliphatic hydroxyl groups is 1. The maximum atomic E-state index is 15.8. The second-order valence-corrected chi connectivity index (χ2v) is 12.1. The molecule has 39 heavy (non-hydrogen) atoms. The summed E-state index contributed by atoms with van der Waals surface area (Å²) in [5.74, 6) is -3.61. The van der Waals surface area contributed by atoms with Gasteiger partial charge in [0, 0.05) is 29.6 Å². The monoisotopic (exact) mass is 538 g/mol. The van der Waals surface area contributed by atoms with Crippen molar-refractivity contribution in [3.05, 3.63) is 59.7 Å². The standard InChI is InChI=1S/C31H35FO7/c1-17-12-22-21-14-24(32)23-13-20(34)10-11-29(23,3)27(21)25(35)15-30(22,4)31(17,26(36)16-38-18(2)33)39-28(37)19-8-6-5-7-9-19/h5-11,13,17,21-22,24-25,27,35H,12,14-16H2,1-4H3/t17-,21-,22-,24-,25?,27+,29-,30-,31-/m0/s1. The highest BCUT2D eigenvalue weighted by atomic mass is 19.1. The number of halogens is 1. The molecule has 0 aromatic heterocycles. The molecule has 0 radical (unpaired) electrons. The number of hydrogen-bond donors (Lipinski definition) is 1. The zero-order valence-electron chi connectivity index (χ0n) is 22.7. The molecule has 1 aromatic rings. The lowest BCUT2D eigenvalue weighted by atomic mass is 9.46. The van der Waals surface area contributed by atoms with Crippen LogP contribution in [-0.4, -0.2) is 53.1 Å². The molecule has 4 aliphatic rings. The van der Waals surface area contributed by atoms with Gasteiger partial charge in [0.2, 0.25) is 5.78 Å². The van der Waals surface area contributed by atoms with E-state index in [0.717, 1.165) is 0 Å². The molecule has 3 fully saturated rings. The van der Waals surface area contributed by atoms with Crippen molar-refractivity contribution >= 4 is 23.5 Å². The minimum Gasteiger partial charge on any atom is -0.458 e. The van der Waals surface area contributed by atoms with Gasteiger partial charge in [0.1, 0.15) is 6.17 Å². The normalized spacial score (nSPS) is 40.6. The predicted octanol–water partition coefficient (Wildman–Crippen LogP) is 4.19. The number of fused-ring (bicyclic) bond motifs is 5. The van der Waals surface area contributed by atoms with Crippen molar-refractivity contribution in [1.29, 1.82) is 0 Å². The van der Waals surface area contributed by atoms with Gasteiger partial charge in [0.25, 0.3) is 0 Å². The van der Waals surface area contributed by atoms with Gasteiger partial charge in [0.05, 0.1) is 11.7 Å². The highest BCUT2D eigenvalue weighted by Crippen LogP contribution is 2.69. The summed E-state index contributed by atoms with van der Waals surface area (Å²) in [5.41, 5.74) is -2.95. The van der Waals surface area contributed by atoms with E-state index in [4.69, 9.17) is 9.47 Å². The topological polar surface area (TPSA) is 107 Å². The number of ether oxygens (including phenoxy) is 2. The van der Waals surface area contributed by atoms with E-state index in [9.17, 15) is 24.3 Å². The molecule has 0 spiro atoms. The summed E-state index contributed by atoms with van der Waals surface area (Å²) in [5, 5.41) is 11.7. The van der Waals surface area contributed by atoms with E-state index in [1.54, 1.807) is 36.4 Å². The van der Waals surface area contributed by atoms with Gasteiger partial charge in [-0.3, -0.25) is 14.4 Å². The minimum absolute atomic E-state index is 0.0953. The van der Waals surface area contributed by atoms with Gasteiger partial charge >= 0.3 is 11.9 Å². The first-order chi connectivity index (χ1) is 18.3. The third-order valence-corrected chi connectivity index (χ3v) is 10.1. The van der Waals surface area contributed by atoms with Crippen LogP contribution in [0.3, 0.4) is 0 Å². The second-order valence-electron chi connectivity index (χ2n) is 12.1. The molecule has 8 heteroatoms. The fourth-order valence-electron chi connectivity index (χ4n) is 8.57. The van der Waals surface area contributed by atoms with Gasteiger partial charge in [-0.25, -0.2) is 9.18 Å². The Morgan fingerprint density at radius 3 is 2.49 bits per heavy atom. The summed E-state index contributed by atoms with van der Waals surface area (Å²) in [6.45, 7) is 6.16. The zero-order chi connectivity index (χ0) is 28.3. The number of ketones is 2. The Labute approximate surface area is 227 Å². The van der Waals surface area contributed by atoms with Crippen LogP contribution in [0, 0.1) is 34.5 Å². The number of Topliss-reactive ketones (excluding diaryl/α,β-unsaturated/α-hetero) is 1. The molecule has 9 atom stereocenters. The Kier molecular flexibility index (Phi) is 6.69. The quantitative estimate of drug-likeness (QED) is 0.561. The van der Waals surface area contributed by atoms with E-state index in [0.29, 0.717) is 12.0 Å². The molecule has 0 amide bonds. The Hall–Kier alpha value is -3.13. The molecule has 0 bridgehead atoms. The van der Waals surface area contributed by atoms with Crippen molar-refractivity contribution in [3.8, 4) is 0 Å². The summed E-state index contributed by atoms with van der Waals surface area (Å²) >= 11 is 0. The van der Waals surface area contributed by atoms with E-state index in [1.807, 2.05) is 20.8 Å². The molecule has 208 valence electrons. The van der Waals surface area contributed by atoms with Crippen LogP contribution < -0.4 is 0 Å². The first kappa shape index (κ1) is 27.4. The fourth-order valence-corrected chi connectivity index (χ4v) is 8.57. The van der Waals surface area contributed by atoms with Gasteiger partial charge < -0.3 is 14.6 Å². The van der Waals surface area contributed by atoms with E-state index in [2.05, 4.69) is 0 Å². The Balaban J connectivity index is 1.59. The van der Waals surface area contributed by atoms with Crippen molar-refractivity contribution in [3.63, 3.8) is 0 Å². The summed E-state index contributed by atoms with van der Waals surface area (Å²) in [7, 11) is 0. The molecular weight excluding hydrogens is 503 g/mol. The highest BCUT2D eigenvalue weighted by molar-refractivity contribution is 6.01. The number of alkyl halides is 1. The number of benzene rings is 1. The molecule has 7 nitrogen and oxygen atoms in total. The minimum atomic E-state index is -1.70. The van der Waals surface area contributed by atoms with Crippen molar-refractivity contribution in [2.45, 2.75) is 64.8 Å². The van der Waals surface area contributed by atoms with E-state index in [-0.39, 0.29) is 41.9 Å². The third kappa shape index (κ3) is 4.01. The average Bonchev–Trinajstić information content (AvgIpc) is 3.10. The lowest BCUT2D eigenvalue weighted by Crippen LogP contribution is -2.65. The molecule has 4 aliphatic carbocycles. The van der Waals surface area contributed by atoms with Gasteiger partial charge in [-0.05, 0) is 61.0 Å². The van der Waals surface area contributed by atoms with E-state index in [1.165, 1.54) is 19.1 Å². The fraction of sp³-hybridized carbons (Fsp3) is 0.548. The van der Waals surface area contributed by atoms with Crippen molar-refractivity contribution in [2.75, 3.05) is 6.61 Å². The van der Waals surface area contributed by atoms with Gasteiger partial charge in [-0.1, -0.05) is 45.0 Å². The maximum absolute atomic E-state index is 15.8. The van der Waals surface area contributed by atoms with Gasteiger partial charge in [-0.2, -0.15) is 0 Å². The van der Waals surface area contributed by atoms with Crippen LogP contribution in [0.5, 0.6) is 0 Å². The summed E-state index contributed by atoms with van der Waals surface area (Å²) in [6.07, 6.45) is 2.84. The number of hydrogen-bond acceptors (Lipinski definition) is 7. The zero-order valence-corrected chi connectivity index (χ0v) is 22.7. The number of carbonyl (C=O) groups is 4. The summed E-state index contributed by atoms with van der Waals surface area (Å²) in [4.78, 5) is 51.2. The Morgan fingerprint density at radius 1 is 1.13 bits per heavy atom. The van der Waals surface area contributed by atoms with Crippen molar-refractivity contribution in [2.24, 2.45) is 34.5 Å². The van der Waals surface area contributed by atoms with Gasteiger partial charge in [-0.15, -0.1) is 0 Å². The third-order valence-electron chi connectivity index (χ3n) is 10.1. The van der Waals surface area contributed by atoms with Crippen LogP contribution in [0.15, 0.2) is 54.1 Å². The van der Waals surface area contributed by atoms with Crippen molar-refractivity contribution in [1.82, 2.24) is 0 Å². The highest BCUT2D eigenvalue weighted by Gasteiger charge is 2.73. The lowest BCUT2D eigenvalue weighted by molar-refractivity contribution is -0.188. The van der Waals surface area contributed by atoms with Crippen LogP contribution in [-0.2, 0) is 23.9 Å². The lowest BCUT2D eigenvalue weighted by Gasteiger charge is -2.60. The number of rotatable bonds is 5. The largest absolute Gasteiger partial charge is 0.458 e. The second kappa shape index (κ2) is 9.51. The molecule has 1 unspecified atom stereocenters. The first-order valence-electron chi connectivity index (χ1n) is 13.6. The molecule has 0 saturated heterocycles. The first-order valence-corrected chi connectivity index (χ1v) is 13.6. The van der Waals surface area contributed by atoms with Crippen LogP contribution in [0.25, 0.3) is 0 Å². The molecule has 0 aliphatic heterocycles. The van der Waals surface area contributed by atoms with Crippen LogP contribution >= 0.6 is 0 Å². The number of aliphatic hydroxyl groups excluding tert-OH is 1.